The Morgan fingerprint density at radius 2 is 1.78 bits per heavy atom. The van der Waals surface area contributed by atoms with Crippen molar-refractivity contribution in [2.24, 2.45) is 0 Å². The smallest absolute Gasteiger partial charge is 0.243 e. The summed E-state index contributed by atoms with van der Waals surface area (Å²) in [4.78, 5) is 27.0. The summed E-state index contributed by atoms with van der Waals surface area (Å²) in [5.74, 6) is 0.0301. The molecule has 0 fully saturated rings. The van der Waals surface area contributed by atoms with Crippen LogP contribution in [0.15, 0.2) is 42.5 Å². The molecule has 2 aromatic carbocycles. The molecular formula is C22H27N3O2. The van der Waals surface area contributed by atoms with E-state index in [4.69, 9.17) is 0 Å². The molecule has 0 bridgehead atoms. The molecule has 3 rings (SSSR count). The Morgan fingerprint density at radius 3 is 2.48 bits per heavy atom. The number of nitrogens with one attached hydrogen (secondary N) is 2. The van der Waals surface area contributed by atoms with Crippen molar-refractivity contribution < 1.29 is 9.59 Å². The molecule has 0 aromatic heterocycles. The van der Waals surface area contributed by atoms with Crippen molar-refractivity contribution >= 4 is 23.2 Å². The minimum absolute atomic E-state index is 0.0397. The molecule has 2 N–H and O–H groups in total. The van der Waals surface area contributed by atoms with Gasteiger partial charge in [0, 0.05) is 23.8 Å². The van der Waals surface area contributed by atoms with Gasteiger partial charge in [0.05, 0.1) is 6.54 Å². The van der Waals surface area contributed by atoms with E-state index in [1.54, 1.807) is 0 Å². The molecule has 5 heteroatoms. The fourth-order valence-corrected chi connectivity index (χ4v) is 3.68. The summed E-state index contributed by atoms with van der Waals surface area (Å²) < 4.78 is 0. The van der Waals surface area contributed by atoms with Gasteiger partial charge in [-0.2, -0.15) is 0 Å². The molecule has 2 unspecified atom stereocenters. The number of fused-ring (bicyclic) bond motifs is 1. The number of carbonyl (C=O) groups excluding carboxylic acids is 2. The molecule has 0 spiro atoms. The predicted octanol–water partition coefficient (Wildman–Crippen LogP) is 3.37. The highest BCUT2D eigenvalue weighted by atomic mass is 16.2. The third kappa shape index (κ3) is 3.97. The minimum Gasteiger partial charge on any atom is -0.359 e. The van der Waals surface area contributed by atoms with Crippen molar-refractivity contribution in [1.82, 2.24) is 5.32 Å². The largest absolute Gasteiger partial charge is 0.359 e. The van der Waals surface area contributed by atoms with Gasteiger partial charge in [0.15, 0.2) is 0 Å². The second kappa shape index (κ2) is 7.82. The molecular weight excluding hydrogens is 338 g/mol. The second-order valence-electron chi connectivity index (χ2n) is 7.32. The fraction of sp³-hybridized carbons (Fsp3) is 0.364. The van der Waals surface area contributed by atoms with Crippen molar-refractivity contribution in [3.63, 3.8) is 0 Å². The standard InChI is InChI=1S/C22H27N3O2/c1-14-8-7-9-15(2)21(14)24-20(26)12-23-22(27)17(4)25-13-16(3)18-10-5-6-11-19(18)25/h5-11,16-17H,12-13H2,1-4H3,(H,23,27)(H,24,26). The van der Waals surface area contributed by atoms with Gasteiger partial charge in [0.1, 0.15) is 6.04 Å². The maximum Gasteiger partial charge on any atom is 0.243 e. The van der Waals surface area contributed by atoms with Crippen LogP contribution in [0.2, 0.25) is 0 Å². The summed E-state index contributed by atoms with van der Waals surface area (Å²) in [7, 11) is 0. The van der Waals surface area contributed by atoms with Crippen molar-refractivity contribution in [3.8, 4) is 0 Å². The van der Waals surface area contributed by atoms with Gasteiger partial charge in [-0.25, -0.2) is 0 Å². The van der Waals surface area contributed by atoms with Crippen molar-refractivity contribution in [2.75, 3.05) is 23.3 Å². The lowest BCUT2D eigenvalue weighted by atomic mass is 10.0. The third-order valence-electron chi connectivity index (χ3n) is 5.26. The first-order valence-corrected chi connectivity index (χ1v) is 9.38. The van der Waals surface area contributed by atoms with Gasteiger partial charge in [0.2, 0.25) is 11.8 Å². The van der Waals surface area contributed by atoms with E-state index in [0.717, 1.165) is 29.0 Å². The zero-order valence-electron chi connectivity index (χ0n) is 16.4. The number of hydrogen-bond acceptors (Lipinski definition) is 3. The first-order chi connectivity index (χ1) is 12.9. The second-order valence-corrected chi connectivity index (χ2v) is 7.32. The average Bonchev–Trinajstić information content (AvgIpc) is 2.99. The van der Waals surface area contributed by atoms with Crippen LogP contribution in [0.3, 0.4) is 0 Å². The molecule has 1 aliphatic heterocycles. The lowest BCUT2D eigenvalue weighted by molar-refractivity contribution is -0.124. The Hall–Kier alpha value is -2.82. The number of benzene rings is 2. The lowest BCUT2D eigenvalue weighted by Gasteiger charge is -2.26. The van der Waals surface area contributed by atoms with Crippen molar-refractivity contribution in [2.45, 2.75) is 39.7 Å². The quantitative estimate of drug-likeness (QED) is 0.854. The van der Waals surface area contributed by atoms with Crippen LogP contribution in [0.25, 0.3) is 0 Å². The van der Waals surface area contributed by atoms with E-state index < -0.39 is 0 Å². The van der Waals surface area contributed by atoms with Crippen LogP contribution in [0, 0.1) is 13.8 Å². The van der Waals surface area contributed by atoms with Crippen LogP contribution >= 0.6 is 0 Å². The maximum absolute atomic E-state index is 12.6. The molecule has 5 nitrogen and oxygen atoms in total. The van der Waals surface area contributed by atoms with E-state index in [1.807, 2.05) is 51.1 Å². The van der Waals surface area contributed by atoms with Crippen LogP contribution in [0.1, 0.15) is 36.5 Å². The van der Waals surface area contributed by atoms with Crippen LogP contribution in [0.4, 0.5) is 11.4 Å². The topological polar surface area (TPSA) is 61.4 Å². The van der Waals surface area contributed by atoms with Crippen LogP contribution < -0.4 is 15.5 Å². The number of rotatable bonds is 5. The van der Waals surface area contributed by atoms with E-state index in [-0.39, 0.29) is 24.4 Å². The van der Waals surface area contributed by atoms with Gasteiger partial charge in [-0.05, 0) is 43.5 Å². The monoisotopic (exact) mass is 365 g/mol. The summed E-state index contributed by atoms with van der Waals surface area (Å²) in [5.41, 5.74) is 5.20. The highest BCUT2D eigenvalue weighted by Gasteiger charge is 2.31. The lowest BCUT2D eigenvalue weighted by Crippen LogP contribution is -2.46. The summed E-state index contributed by atoms with van der Waals surface area (Å²) >= 11 is 0. The molecule has 1 aliphatic rings. The zero-order chi connectivity index (χ0) is 19.6. The number of amides is 2. The van der Waals surface area contributed by atoms with E-state index in [9.17, 15) is 9.59 Å². The molecule has 0 saturated heterocycles. The highest BCUT2D eigenvalue weighted by Crippen LogP contribution is 2.36. The minimum atomic E-state index is -0.330. The molecule has 0 aliphatic carbocycles. The molecule has 0 radical (unpaired) electrons. The predicted molar refractivity (Wildman–Crippen MR) is 109 cm³/mol. The van der Waals surface area contributed by atoms with Gasteiger partial charge in [-0.1, -0.05) is 43.3 Å². The molecule has 2 atom stereocenters. The van der Waals surface area contributed by atoms with E-state index in [0.29, 0.717) is 5.92 Å². The van der Waals surface area contributed by atoms with Crippen molar-refractivity contribution in [3.05, 3.63) is 59.2 Å². The first-order valence-electron chi connectivity index (χ1n) is 9.38. The average molecular weight is 365 g/mol. The molecule has 142 valence electrons. The SMILES string of the molecule is Cc1cccc(C)c1NC(=O)CNC(=O)C(C)N1CC(C)c2ccccc21. The Bertz CT molecular complexity index is 842. The number of para-hydroxylation sites is 2. The Morgan fingerprint density at radius 1 is 1.11 bits per heavy atom. The fourth-order valence-electron chi connectivity index (χ4n) is 3.68. The van der Waals surface area contributed by atoms with E-state index >= 15 is 0 Å². The zero-order valence-corrected chi connectivity index (χ0v) is 16.4. The number of hydrogen-bond donors (Lipinski definition) is 2. The van der Waals surface area contributed by atoms with Gasteiger partial charge < -0.3 is 15.5 Å². The van der Waals surface area contributed by atoms with E-state index in [1.165, 1.54) is 5.56 Å². The third-order valence-corrected chi connectivity index (χ3v) is 5.26. The maximum atomic E-state index is 12.6. The van der Waals surface area contributed by atoms with Crippen LogP contribution in [0.5, 0.6) is 0 Å². The normalized spacial score (nSPS) is 16.6. The Labute approximate surface area is 160 Å². The Balaban J connectivity index is 1.59. The summed E-state index contributed by atoms with van der Waals surface area (Å²) in [5, 5.41) is 5.67. The Kier molecular flexibility index (Phi) is 5.49. The number of nitrogens with zero attached hydrogens (tertiary/aromatic N) is 1. The molecule has 1 heterocycles. The van der Waals surface area contributed by atoms with E-state index in [2.05, 4.69) is 34.6 Å². The van der Waals surface area contributed by atoms with Gasteiger partial charge >= 0.3 is 0 Å². The number of carbonyl (C=O) groups is 2. The highest BCUT2D eigenvalue weighted by molar-refractivity contribution is 5.96. The first kappa shape index (κ1) is 19.0. The molecule has 2 amide bonds. The summed E-state index contributed by atoms with van der Waals surface area (Å²) in [6.07, 6.45) is 0. The molecule has 2 aromatic rings. The van der Waals surface area contributed by atoms with Crippen LogP contribution in [-0.4, -0.2) is 30.9 Å². The van der Waals surface area contributed by atoms with Crippen molar-refractivity contribution in [1.29, 1.82) is 0 Å². The molecule has 27 heavy (non-hydrogen) atoms. The molecule has 0 saturated carbocycles. The summed E-state index contributed by atoms with van der Waals surface area (Å²) in [6.45, 7) is 8.73. The number of aryl methyl sites for hydroxylation is 2. The van der Waals surface area contributed by atoms with Gasteiger partial charge in [0.25, 0.3) is 0 Å². The van der Waals surface area contributed by atoms with Crippen LogP contribution in [-0.2, 0) is 9.59 Å². The summed E-state index contributed by atoms with van der Waals surface area (Å²) in [6, 6.07) is 13.7. The van der Waals surface area contributed by atoms with Gasteiger partial charge in [-0.15, -0.1) is 0 Å². The number of anilines is 2. The van der Waals surface area contributed by atoms with Gasteiger partial charge in [-0.3, -0.25) is 9.59 Å².